The quantitative estimate of drug-likeness (QED) is 0.557. The molecule has 0 spiro atoms. The maximum Gasteiger partial charge on any atom is 0.257 e. The molecule has 1 aliphatic rings. The van der Waals surface area contributed by atoms with Crippen LogP contribution in [0, 0.1) is 11.7 Å². The number of halogens is 1. The van der Waals surface area contributed by atoms with E-state index in [1.807, 2.05) is 25.5 Å². The van der Waals surface area contributed by atoms with E-state index in [0.29, 0.717) is 12.5 Å². The minimum absolute atomic E-state index is 0.0737. The van der Waals surface area contributed by atoms with Crippen molar-refractivity contribution in [2.75, 3.05) is 6.54 Å². The summed E-state index contributed by atoms with van der Waals surface area (Å²) in [7, 11) is 0. The van der Waals surface area contributed by atoms with Gasteiger partial charge in [0.05, 0.1) is 11.8 Å². The predicted molar refractivity (Wildman–Crippen MR) is 112 cm³/mol. The van der Waals surface area contributed by atoms with Crippen molar-refractivity contribution < 1.29 is 9.18 Å². The van der Waals surface area contributed by atoms with Crippen molar-refractivity contribution in [3.8, 4) is 11.1 Å². The molecule has 0 aliphatic carbocycles. The Bertz CT molecular complexity index is 1200. The molecule has 152 valence electrons. The summed E-state index contributed by atoms with van der Waals surface area (Å²) in [5.41, 5.74) is 3.09. The van der Waals surface area contributed by atoms with Crippen LogP contribution < -0.4 is 0 Å². The molecule has 0 radical (unpaired) electrons. The molecule has 3 aromatic heterocycles. The zero-order valence-corrected chi connectivity index (χ0v) is 16.6. The van der Waals surface area contributed by atoms with Crippen LogP contribution in [-0.2, 0) is 6.54 Å². The number of aromatic amines is 1. The van der Waals surface area contributed by atoms with Gasteiger partial charge in [-0.1, -0.05) is 12.1 Å². The number of aromatic nitrogens is 4. The normalized spacial score (nSPS) is 18.9. The third-order valence-electron chi connectivity index (χ3n) is 5.91. The Morgan fingerprint density at radius 2 is 2.10 bits per heavy atom. The van der Waals surface area contributed by atoms with Gasteiger partial charge in [0.25, 0.3) is 5.91 Å². The van der Waals surface area contributed by atoms with Gasteiger partial charge in [0.2, 0.25) is 0 Å². The minimum atomic E-state index is -0.466. The second kappa shape index (κ2) is 7.40. The van der Waals surface area contributed by atoms with Gasteiger partial charge in [-0.15, -0.1) is 0 Å². The molecule has 6 nitrogen and oxygen atoms in total. The third kappa shape index (κ3) is 3.26. The third-order valence-corrected chi connectivity index (χ3v) is 5.91. The van der Waals surface area contributed by atoms with E-state index < -0.39 is 5.82 Å². The molecule has 4 heterocycles. The lowest BCUT2D eigenvalue weighted by Gasteiger charge is -2.21. The minimum Gasteiger partial charge on any atom is -0.335 e. The average molecular weight is 403 g/mol. The number of carbonyl (C=O) groups is 1. The molecule has 0 unspecified atom stereocenters. The summed E-state index contributed by atoms with van der Waals surface area (Å²) in [6.45, 7) is 3.41. The fourth-order valence-corrected chi connectivity index (χ4v) is 4.42. The number of hydrogen-bond donors (Lipinski definition) is 1. The number of amides is 1. The van der Waals surface area contributed by atoms with Crippen LogP contribution in [-0.4, -0.2) is 43.1 Å². The van der Waals surface area contributed by atoms with Crippen LogP contribution >= 0.6 is 0 Å². The number of fused-ring (bicyclic) bond motifs is 1. The first-order valence-electron chi connectivity index (χ1n) is 10.1. The van der Waals surface area contributed by atoms with Crippen molar-refractivity contribution in [3.05, 3.63) is 72.6 Å². The number of likely N-dealkylation sites (tertiary alicyclic amines) is 1. The Morgan fingerprint density at radius 1 is 1.23 bits per heavy atom. The largest absolute Gasteiger partial charge is 0.335 e. The molecule has 1 fully saturated rings. The van der Waals surface area contributed by atoms with Crippen molar-refractivity contribution in [1.82, 2.24) is 24.6 Å². The molecule has 1 saturated heterocycles. The molecule has 4 aromatic rings. The van der Waals surface area contributed by atoms with Crippen molar-refractivity contribution in [3.63, 3.8) is 0 Å². The number of pyridine rings is 1. The molecule has 2 atom stereocenters. The van der Waals surface area contributed by atoms with Crippen LogP contribution in [0.15, 0.2) is 61.2 Å². The number of hydrogen-bond acceptors (Lipinski definition) is 3. The summed E-state index contributed by atoms with van der Waals surface area (Å²) in [6.07, 6.45) is 8.41. The summed E-state index contributed by atoms with van der Waals surface area (Å²) in [5.74, 6) is -0.405. The second-order valence-corrected chi connectivity index (χ2v) is 7.98. The maximum absolute atomic E-state index is 14.1. The second-order valence-electron chi connectivity index (χ2n) is 7.98. The van der Waals surface area contributed by atoms with Crippen LogP contribution in [0.4, 0.5) is 4.39 Å². The maximum atomic E-state index is 14.1. The molecule has 5 rings (SSSR count). The molecule has 7 heteroatoms. The standard InChI is InChI=1S/C23H22FN5O/c1-15-8-16(14-29(15)23(30)20-4-2-3-5-21(20)24)13-28-7-6-17-9-18(10-25-22(17)28)19-11-26-27-12-19/h2-7,9-12,15-16H,8,13-14H2,1H3,(H,26,27)/t15-,16-/m0/s1. The van der Waals surface area contributed by atoms with E-state index >= 15 is 0 Å². The Labute approximate surface area is 173 Å². The van der Waals surface area contributed by atoms with Gasteiger partial charge in [-0.2, -0.15) is 5.10 Å². The van der Waals surface area contributed by atoms with Crippen molar-refractivity contribution in [1.29, 1.82) is 0 Å². The molecule has 1 N–H and O–H groups in total. The van der Waals surface area contributed by atoms with Gasteiger partial charge in [-0.3, -0.25) is 9.89 Å². The molecular weight excluding hydrogens is 381 g/mol. The van der Waals surface area contributed by atoms with Crippen LogP contribution in [0.1, 0.15) is 23.7 Å². The lowest BCUT2D eigenvalue weighted by atomic mass is 10.1. The SMILES string of the molecule is C[C@H]1C[C@@H](Cn2ccc3cc(-c4cn[nH]c4)cnc32)CN1C(=O)c1ccccc1F. The van der Waals surface area contributed by atoms with Gasteiger partial charge in [-0.25, -0.2) is 9.37 Å². The van der Waals surface area contributed by atoms with Crippen LogP contribution in [0.25, 0.3) is 22.2 Å². The number of nitrogens with one attached hydrogen (secondary N) is 1. The summed E-state index contributed by atoms with van der Waals surface area (Å²) in [5, 5.41) is 7.89. The number of benzene rings is 1. The van der Waals surface area contributed by atoms with Gasteiger partial charge in [-0.05, 0) is 43.5 Å². The Balaban J connectivity index is 1.33. The highest BCUT2D eigenvalue weighted by Crippen LogP contribution is 2.29. The lowest BCUT2D eigenvalue weighted by molar-refractivity contribution is 0.0737. The fourth-order valence-electron chi connectivity index (χ4n) is 4.42. The van der Waals surface area contributed by atoms with E-state index in [1.165, 1.54) is 6.07 Å². The van der Waals surface area contributed by atoms with E-state index in [0.717, 1.165) is 35.1 Å². The average Bonchev–Trinajstić information content (AvgIpc) is 3.48. The zero-order valence-electron chi connectivity index (χ0n) is 16.6. The van der Waals surface area contributed by atoms with Crippen LogP contribution in [0.2, 0.25) is 0 Å². The summed E-state index contributed by atoms with van der Waals surface area (Å²) in [4.78, 5) is 19.3. The van der Waals surface area contributed by atoms with E-state index in [9.17, 15) is 9.18 Å². The highest BCUT2D eigenvalue weighted by molar-refractivity contribution is 5.94. The van der Waals surface area contributed by atoms with Gasteiger partial charge in [0.1, 0.15) is 11.5 Å². The van der Waals surface area contributed by atoms with E-state index in [-0.39, 0.29) is 17.5 Å². The Hall–Kier alpha value is -3.48. The first-order chi connectivity index (χ1) is 14.6. The van der Waals surface area contributed by atoms with Gasteiger partial charge >= 0.3 is 0 Å². The number of rotatable bonds is 4. The molecule has 0 bridgehead atoms. The summed E-state index contributed by atoms with van der Waals surface area (Å²) < 4.78 is 16.2. The van der Waals surface area contributed by atoms with E-state index in [4.69, 9.17) is 0 Å². The molecule has 0 saturated carbocycles. The van der Waals surface area contributed by atoms with E-state index in [2.05, 4.69) is 31.9 Å². The van der Waals surface area contributed by atoms with Gasteiger partial charge in [0, 0.05) is 54.2 Å². The Kier molecular flexibility index (Phi) is 4.58. The molecule has 1 aliphatic heterocycles. The van der Waals surface area contributed by atoms with Crippen LogP contribution in [0.5, 0.6) is 0 Å². The van der Waals surface area contributed by atoms with Crippen molar-refractivity contribution in [2.24, 2.45) is 5.92 Å². The topological polar surface area (TPSA) is 66.8 Å². The summed E-state index contributed by atoms with van der Waals surface area (Å²) >= 11 is 0. The van der Waals surface area contributed by atoms with Gasteiger partial charge in [0.15, 0.2) is 0 Å². The zero-order chi connectivity index (χ0) is 20.7. The highest BCUT2D eigenvalue weighted by Gasteiger charge is 2.34. The molecule has 1 aromatic carbocycles. The van der Waals surface area contributed by atoms with Crippen LogP contribution in [0.3, 0.4) is 0 Å². The Morgan fingerprint density at radius 3 is 2.90 bits per heavy atom. The first-order valence-corrected chi connectivity index (χ1v) is 10.1. The fraction of sp³-hybridized carbons (Fsp3) is 0.261. The smallest absolute Gasteiger partial charge is 0.257 e. The number of carbonyl (C=O) groups excluding carboxylic acids is 1. The van der Waals surface area contributed by atoms with E-state index in [1.54, 1.807) is 29.3 Å². The molecule has 30 heavy (non-hydrogen) atoms. The molecule has 1 amide bonds. The predicted octanol–water partition coefficient (Wildman–Crippen LogP) is 4.12. The van der Waals surface area contributed by atoms with Gasteiger partial charge < -0.3 is 9.47 Å². The molecular formula is C23H22FN5O. The van der Waals surface area contributed by atoms with Crippen molar-refractivity contribution in [2.45, 2.75) is 25.9 Å². The number of nitrogens with zero attached hydrogens (tertiary/aromatic N) is 4. The number of H-pyrrole nitrogens is 1. The van der Waals surface area contributed by atoms with Crippen molar-refractivity contribution >= 4 is 16.9 Å². The lowest BCUT2D eigenvalue weighted by Crippen LogP contribution is -2.34. The monoisotopic (exact) mass is 403 g/mol. The first kappa shape index (κ1) is 18.5. The highest BCUT2D eigenvalue weighted by atomic mass is 19.1. The summed E-state index contributed by atoms with van der Waals surface area (Å²) in [6, 6.07) is 10.4.